The highest BCUT2D eigenvalue weighted by molar-refractivity contribution is 7.80. The highest BCUT2D eigenvalue weighted by Crippen LogP contribution is 2.12. The molecule has 0 fully saturated rings. The lowest BCUT2D eigenvalue weighted by Crippen LogP contribution is -2.26. The van der Waals surface area contributed by atoms with Crippen molar-refractivity contribution < 1.29 is 17.2 Å². The predicted octanol–water partition coefficient (Wildman–Crippen LogP) is 6.19. The normalized spacial score (nSPS) is 14.1. The van der Waals surface area contributed by atoms with Gasteiger partial charge in [0, 0.05) is 19.5 Å². The number of unbranched alkanes of at least 4 members (excludes halogenated alkanes) is 11. The first-order chi connectivity index (χ1) is 14.4. The molecule has 0 bridgehead atoms. The van der Waals surface area contributed by atoms with Gasteiger partial charge in [-0.05, 0) is 26.2 Å². The minimum absolute atomic E-state index is 0.870. The van der Waals surface area contributed by atoms with Crippen molar-refractivity contribution in [2.45, 2.75) is 104 Å². The molecule has 30 heavy (non-hydrogen) atoms. The molecule has 0 aromatic carbocycles. The Balaban J connectivity index is 0.00000122. The van der Waals surface area contributed by atoms with Gasteiger partial charge in [0.15, 0.2) is 0 Å². The van der Waals surface area contributed by atoms with E-state index in [4.69, 9.17) is 4.55 Å². The molecular weight excluding hydrogens is 400 g/mol. The largest absolute Gasteiger partial charge is 0.397 e. The summed E-state index contributed by atoms with van der Waals surface area (Å²) < 4.78 is 29.7. The van der Waals surface area contributed by atoms with E-state index >= 15 is 0 Å². The molecule has 0 unspecified atom stereocenters. The predicted molar refractivity (Wildman–Crippen MR) is 128 cm³/mol. The molecular formula is C23H46N2O4S. The van der Waals surface area contributed by atoms with Crippen LogP contribution in [0.3, 0.4) is 0 Å². The SMILES string of the molecule is CCCCCCCCCCCCCC=CCCC1=NCCN1CC.COS(=O)(=O)O. The summed E-state index contributed by atoms with van der Waals surface area (Å²) in [6.45, 7) is 7.77. The Bertz CT molecular complexity index is 547. The van der Waals surface area contributed by atoms with Crippen LogP contribution in [0.4, 0.5) is 0 Å². The molecule has 1 N–H and O–H groups in total. The Morgan fingerprint density at radius 3 is 1.93 bits per heavy atom. The molecule has 6 nitrogen and oxygen atoms in total. The van der Waals surface area contributed by atoms with Gasteiger partial charge in [0.2, 0.25) is 0 Å². The van der Waals surface area contributed by atoms with Gasteiger partial charge >= 0.3 is 10.4 Å². The van der Waals surface area contributed by atoms with Crippen LogP contribution in [0.25, 0.3) is 0 Å². The maximum Gasteiger partial charge on any atom is 0.397 e. The Morgan fingerprint density at radius 2 is 1.43 bits per heavy atom. The lowest BCUT2D eigenvalue weighted by molar-refractivity contribution is 0.324. The average Bonchev–Trinajstić information content (AvgIpc) is 3.18. The maximum atomic E-state index is 9.33. The summed E-state index contributed by atoms with van der Waals surface area (Å²) in [5.41, 5.74) is 0. The zero-order chi connectivity index (χ0) is 22.5. The average molecular weight is 447 g/mol. The number of amidine groups is 1. The van der Waals surface area contributed by atoms with Crippen molar-refractivity contribution in [3.63, 3.8) is 0 Å². The van der Waals surface area contributed by atoms with Crippen molar-refractivity contribution in [1.82, 2.24) is 4.90 Å². The van der Waals surface area contributed by atoms with Crippen LogP contribution in [0.5, 0.6) is 0 Å². The van der Waals surface area contributed by atoms with Crippen molar-refractivity contribution >= 4 is 16.2 Å². The van der Waals surface area contributed by atoms with Crippen LogP contribution in [0.1, 0.15) is 104 Å². The van der Waals surface area contributed by atoms with Crippen LogP contribution >= 0.6 is 0 Å². The van der Waals surface area contributed by atoms with Gasteiger partial charge in [0.25, 0.3) is 0 Å². The number of nitrogens with zero attached hydrogens (tertiary/aromatic N) is 2. The van der Waals surface area contributed by atoms with Crippen LogP contribution in [0.15, 0.2) is 17.1 Å². The molecule has 178 valence electrons. The molecule has 0 radical (unpaired) electrons. The molecule has 1 aliphatic heterocycles. The van der Waals surface area contributed by atoms with Crippen LogP contribution < -0.4 is 0 Å². The number of allylic oxidation sites excluding steroid dienone is 2. The summed E-state index contributed by atoms with van der Waals surface area (Å²) >= 11 is 0. The number of rotatable bonds is 17. The van der Waals surface area contributed by atoms with Crippen LogP contribution in [0.2, 0.25) is 0 Å². The van der Waals surface area contributed by atoms with Gasteiger partial charge in [0.1, 0.15) is 0 Å². The number of likely N-dealkylation sites (N-methyl/N-ethyl adjacent to an activating group) is 1. The molecule has 7 heteroatoms. The van der Waals surface area contributed by atoms with E-state index in [9.17, 15) is 8.42 Å². The lowest BCUT2D eigenvalue weighted by atomic mass is 10.1. The van der Waals surface area contributed by atoms with Gasteiger partial charge in [-0.3, -0.25) is 13.7 Å². The number of aliphatic imine (C=N–C) groups is 1. The Kier molecular flexibility index (Phi) is 19.4. The van der Waals surface area contributed by atoms with E-state index in [1.54, 1.807) is 0 Å². The Labute approximate surface area is 186 Å². The zero-order valence-electron chi connectivity index (χ0n) is 19.7. The van der Waals surface area contributed by atoms with E-state index < -0.39 is 10.4 Å². The molecule has 1 rings (SSSR count). The van der Waals surface area contributed by atoms with Crippen molar-refractivity contribution in [3.05, 3.63) is 12.2 Å². The standard InChI is InChI=1S/C22H42N2.CH4O4S/c1-3-5-6-7-8-9-10-11-12-13-14-15-16-17-18-19-22-23-20-21-24(22)4-2;1-5-6(2,3)4/h16-17H,3-15,18-21H2,1-2H3;1H3,(H,2,3,4). The fraction of sp³-hybridized carbons (Fsp3) is 0.870. The summed E-state index contributed by atoms with van der Waals surface area (Å²) in [6.07, 6.45) is 24.1. The molecule has 0 saturated carbocycles. The van der Waals surface area contributed by atoms with E-state index in [-0.39, 0.29) is 0 Å². The Hall–Kier alpha value is -0.920. The third kappa shape index (κ3) is 19.1. The highest BCUT2D eigenvalue weighted by Gasteiger charge is 2.12. The molecule has 0 aliphatic carbocycles. The summed E-state index contributed by atoms with van der Waals surface area (Å²) in [5.74, 6) is 1.33. The first-order valence-electron chi connectivity index (χ1n) is 11.9. The highest BCUT2D eigenvalue weighted by atomic mass is 32.3. The van der Waals surface area contributed by atoms with Gasteiger partial charge in [-0.1, -0.05) is 83.3 Å². The van der Waals surface area contributed by atoms with Crippen LogP contribution in [-0.2, 0) is 14.6 Å². The van der Waals surface area contributed by atoms with Gasteiger partial charge < -0.3 is 4.90 Å². The fourth-order valence-electron chi connectivity index (χ4n) is 3.48. The summed E-state index contributed by atoms with van der Waals surface area (Å²) in [7, 11) is -3.29. The van der Waals surface area contributed by atoms with Crippen molar-refractivity contribution in [2.24, 2.45) is 4.99 Å². The zero-order valence-corrected chi connectivity index (χ0v) is 20.5. The number of hydrogen-bond acceptors (Lipinski definition) is 5. The minimum atomic E-state index is -4.16. The number of hydrogen-bond donors (Lipinski definition) is 1. The van der Waals surface area contributed by atoms with Crippen molar-refractivity contribution in [1.29, 1.82) is 0 Å². The first-order valence-corrected chi connectivity index (χ1v) is 13.3. The molecule has 1 heterocycles. The maximum absolute atomic E-state index is 9.33. The monoisotopic (exact) mass is 446 g/mol. The Morgan fingerprint density at radius 1 is 0.933 bits per heavy atom. The van der Waals surface area contributed by atoms with E-state index in [0.29, 0.717) is 0 Å². The molecule has 0 saturated heterocycles. The van der Waals surface area contributed by atoms with E-state index in [1.165, 1.54) is 82.9 Å². The third-order valence-electron chi connectivity index (χ3n) is 5.30. The first kappa shape index (κ1) is 29.1. The van der Waals surface area contributed by atoms with Crippen LogP contribution in [0, 0.1) is 0 Å². The second-order valence-electron chi connectivity index (χ2n) is 7.81. The van der Waals surface area contributed by atoms with Gasteiger partial charge in [0.05, 0.1) is 19.5 Å². The molecule has 0 spiro atoms. The molecule has 1 aliphatic rings. The van der Waals surface area contributed by atoms with E-state index in [0.717, 1.165) is 39.6 Å². The van der Waals surface area contributed by atoms with E-state index in [2.05, 4.69) is 40.1 Å². The van der Waals surface area contributed by atoms with Gasteiger partial charge in [-0.25, -0.2) is 0 Å². The molecule has 0 amide bonds. The van der Waals surface area contributed by atoms with Crippen molar-refractivity contribution in [2.75, 3.05) is 26.7 Å². The fourth-order valence-corrected chi connectivity index (χ4v) is 3.48. The third-order valence-corrected chi connectivity index (χ3v) is 5.72. The molecule has 0 aromatic rings. The summed E-state index contributed by atoms with van der Waals surface area (Å²) in [5, 5.41) is 0. The van der Waals surface area contributed by atoms with Crippen LogP contribution in [-0.4, -0.2) is 50.5 Å². The lowest BCUT2D eigenvalue weighted by Gasteiger charge is -2.17. The minimum Gasteiger partial charge on any atom is -0.359 e. The topological polar surface area (TPSA) is 79.2 Å². The van der Waals surface area contributed by atoms with Gasteiger partial charge in [-0.15, -0.1) is 0 Å². The molecule has 0 atom stereocenters. The van der Waals surface area contributed by atoms with E-state index in [1.807, 2.05) is 0 Å². The quantitative estimate of drug-likeness (QED) is 0.164. The summed E-state index contributed by atoms with van der Waals surface area (Å²) in [4.78, 5) is 7.01. The summed E-state index contributed by atoms with van der Waals surface area (Å²) in [6, 6.07) is 0. The van der Waals surface area contributed by atoms with Crippen molar-refractivity contribution in [3.8, 4) is 0 Å². The smallest absolute Gasteiger partial charge is 0.359 e. The van der Waals surface area contributed by atoms with Gasteiger partial charge in [-0.2, -0.15) is 8.42 Å². The second kappa shape index (κ2) is 20.0. The molecule has 0 aromatic heterocycles. The second-order valence-corrected chi connectivity index (χ2v) is 9.00.